The van der Waals surface area contributed by atoms with Crippen LogP contribution in [-0.4, -0.2) is 49.8 Å². The Balaban J connectivity index is 2.18. The molecule has 3 atom stereocenters. The minimum atomic E-state index is -1.32. The Bertz CT molecular complexity index is 530. The van der Waals surface area contributed by atoms with Gasteiger partial charge in [0.25, 0.3) is 0 Å². The van der Waals surface area contributed by atoms with Gasteiger partial charge < -0.3 is 20.1 Å². The summed E-state index contributed by atoms with van der Waals surface area (Å²) in [5.41, 5.74) is -0.706. The van der Waals surface area contributed by atoms with E-state index in [0.29, 0.717) is 0 Å². The summed E-state index contributed by atoms with van der Waals surface area (Å²) in [5.74, 6) is -0.0917. The Morgan fingerprint density at radius 1 is 1.63 bits per heavy atom. The van der Waals surface area contributed by atoms with E-state index in [-0.39, 0.29) is 18.8 Å². The van der Waals surface area contributed by atoms with Crippen LogP contribution in [0.1, 0.15) is 12.6 Å². The van der Waals surface area contributed by atoms with Gasteiger partial charge in [-0.1, -0.05) is 0 Å². The molecule has 2 heterocycles. The molecule has 2 rings (SSSR count). The van der Waals surface area contributed by atoms with Crippen molar-refractivity contribution in [3.63, 3.8) is 0 Å². The number of nitrogens with zero attached hydrogens (tertiary/aromatic N) is 2. The van der Waals surface area contributed by atoms with Gasteiger partial charge in [-0.2, -0.15) is 4.98 Å². The molecule has 0 spiro atoms. The number of rotatable bonds is 3. The minimum Gasteiger partial charge on any atom is -0.465 e. The van der Waals surface area contributed by atoms with Crippen molar-refractivity contribution in [2.75, 3.05) is 11.9 Å². The summed E-state index contributed by atoms with van der Waals surface area (Å²) in [6, 6.07) is 1.30. The lowest BCUT2D eigenvalue weighted by Crippen LogP contribution is -2.28. The third-order valence-electron chi connectivity index (χ3n) is 2.76. The van der Waals surface area contributed by atoms with Crippen molar-refractivity contribution in [3.8, 4) is 0 Å². The second-order valence-corrected chi connectivity index (χ2v) is 4.05. The number of amides is 1. The van der Waals surface area contributed by atoms with Crippen LogP contribution in [-0.2, 0) is 4.74 Å². The van der Waals surface area contributed by atoms with Gasteiger partial charge in [0.15, 0.2) is 0 Å². The molecule has 1 amide bonds. The molecule has 0 aromatic carbocycles. The number of aromatic nitrogens is 2. The molecule has 1 aromatic rings. The quantitative estimate of drug-likeness (QED) is 0.552. The summed E-state index contributed by atoms with van der Waals surface area (Å²) in [6.07, 6.45) is -2.19. The number of carboxylic acid groups (broad SMARTS) is 1. The van der Waals surface area contributed by atoms with Gasteiger partial charge in [0.2, 0.25) is 0 Å². The summed E-state index contributed by atoms with van der Waals surface area (Å²) in [4.78, 5) is 25.6. The minimum absolute atomic E-state index is 0.0917. The maximum absolute atomic E-state index is 11.7. The van der Waals surface area contributed by atoms with Crippen molar-refractivity contribution in [1.29, 1.82) is 0 Å². The molecule has 1 aromatic heterocycles. The second kappa shape index (κ2) is 5.34. The third kappa shape index (κ3) is 2.89. The molecule has 0 unspecified atom stereocenters. The number of aliphatic hydroxyl groups excluding tert-OH is 2. The maximum atomic E-state index is 11.7. The van der Waals surface area contributed by atoms with Gasteiger partial charge in [-0.3, -0.25) is 9.88 Å². The summed E-state index contributed by atoms with van der Waals surface area (Å²) in [6.45, 7) is -0.349. The number of nitrogens with one attached hydrogen (secondary N) is 1. The highest BCUT2D eigenvalue weighted by Crippen LogP contribution is 2.27. The van der Waals surface area contributed by atoms with Crippen LogP contribution in [0, 0.1) is 0 Å². The number of ether oxygens (including phenoxy) is 1. The van der Waals surface area contributed by atoms with Crippen LogP contribution < -0.4 is 11.0 Å². The molecule has 4 N–H and O–H groups in total. The van der Waals surface area contributed by atoms with Gasteiger partial charge in [0.05, 0.1) is 12.7 Å². The molecule has 19 heavy (non-hydrogen) atoms. The van der Waals surface area contributed by atoms with Gasteiger partial charge in [-0.05, 0) is 6.07 Å². The number of hydrogen-bond donors (Lipinski definition) is 4. The summed E-state index contributed by atoms with van der Waals surface area (Å²) < 4.78 is 6.43. The van der Waals surface area contributed by atoms with Crippen molar-refractivity contribution in [3.05, 3.63) is 22.7 Å². The van der Waals surface area contributed by atoms with Crippen molar-refractivity contribution >= 4 is 11.9 Å². The molecule has 9 nitrogen and oxygen atoms in total. The fourth-order valence-electron chi connectivity index (χ4n) is 1.86. The fourth-order valence-corrected chi connectivity index (χ4v) is 1.86. The monoisotopic (exact) mass is 271 g/mol. The summed E-state index contributed by atoms with van der Waals surface area (Å²) in [5, 5.41) is 29.0. The molecule has 0 aliphatic carbocycles. The van der Waals surface area contributed by atoms with Gasteiger partial charge in [-0.15, -0.1) is 0 Å². The average molecular weight is 271 g/mol. The Hall–Kier alpha value is -1.97. The Morgan fingerprint density at radius 3 is 2.89 bits per heavy atom. The number of anilines is 1. The molecule has 0 bridgehead atoms. The maximum Gasteiger partial charge on any atom is 0.410 e. The summed E-state index contributed by atoms with van der Waals surface area (Å²) >= 11 is 0. The zero-order chi connectivity index (χ0) is 14.0. The SMILES string of the molecule is O=C(O)Nc1ccn([C@H]2C[C@H](O)[C@@H](CO)O2)c(=O)n1. The van der Waals surface area contributed by atoms with Crippen molar-refractivity contribution in [1.82, 2.24) is 9.55 Å². The lowest BCUT2D eigenvalue weighted by molar-refractivity contribution is -0.0458. The normalized spacial score (nSPS) is 26.3. The van der Waals surface area contributed by atoms with Crippen LogP contribution in [0.5, 0.6) is 0 Å². The van der Waals surface area contributed by atoms with E-state index in [4.69, 9.17) is 14.9 Å². The number of carbonyl (C=O) groups is 1. The first kappa shape index (κ1) is 13.5. The Morgan fingerprint density at radius 2 is 2.37 bits per heavy atom. The van der Waals surface area contributed by atoms with E-state index in [9.17, 15) is 14.7 Å². The van der Waals surface area contributed by atoms with Crippen molar-refractivity contribution < 1.29 is 24.9 Å². The van der Waals surface area contributed by atoms with Crippen molar-refractivity contribution in [2.24, 2.45) is 0 Å². The van der Waals surface area contributed by atoms with Gasteiger partial charge in [0, 0.05) is 12.6 Å². The molecule has 1 aliphatic rings. The zero-order valence-corrected chi connectivity index (χ0v) is 9.76. The van der Waals surface area contributed by atoms with Gasteiger partial charge in [0.1, 0.15) is 18.1 Å². The second-order valence-electron chi connectivity index (χ2n) is 4.05. The first-order chi connectivity index (χ1) is 9.01. The standard InChI is InChI=1S/C10H13N3O6/c14-4-6-5(15)3-8(19-6)13-2-1-7(11-9(13)16)12-10(17)18/h1-2,5-6,8,14-15H,3-4H2,(H,17,18)(H,11,12,16)/t5-,6+,8+/m0/s1. The largest absolute Gasteiger partial charge is 0.465 e. The van der Waals surface area contributed by atoms with E-state index in [1.807, 2.05) is 5.32 Å². The van der Waals surface area contributed by atoms with Crippen LogP contribution in [0.25, 0.3) is 0 Å². The van der Waals surface area contributed by atoms with E-state index in [1.54, 1.807) is 0 Å². The number of hydrogen-bond acceptors (Lipinski definition) is 6. The first-order valence-corrected chi connectivity index (χ1v) is 5.54. The average Bonchev–Trinajstić information content (AvgIpc) is 2.69. The van der Waals surface area contributed by atoms with E-state index >= 15 is 0 Å². The van der Waals surface area contributed by atoms with Gasteiger partial charge in [-0.25, -0.2) is 9.59 Å². The zero-order valence-electron chi connectivity index (χ0n) is 9.76. The predicted molar refractivity (Wildman–Crippen MR) is 61.8 cm³/mol. The van der Waals surface area contributed by atoms with E-state index < -0.39 is 30.2 Å². The van der Waals surface area contributed by atoms with Crippen LogP contribution in [0.4, 0.5) is 10.6 Å². The first-order valence-electron chi connectivity index (χ1n) is 5.54. The molecular formula is C10H13N3O6. The van der Waals surface area contributed by atoms with Crippen LogP contribution >= 0.6 is 0 Å². The molecule has 0 radical (unpaired) electrons. The molecule has 1 saturated heterocycles. The molecule has 9 heteroatoms. The Labute approximate surface area is 107 Å². The Kier molecular flexibility index (Phi) is 3.79. The highest BCUT2D eigenvalue weighted by molar-refractivity contribution is 5.81. The molecule has 104 valence electrons. The number of aliphatic hydroxyl groups is 2. The topological polar surface area (TPSA) is 134 Å². The lowest BCUT2D eigenvalue weighted by atomic mass is 10.2. The molecule has 0 saturated carbocycles. The molecular weight excluding hydrogens is 258 g/mol. The smallest absolute Gasteiger partial charge is 0.410 e. The molecule has 1 aliphatic heterocycles. The highest BCUT2D eigenvalue weighted by Gasteiger charge is 2.34. The lowest BCUT2D eigenvalue weighted by Gasteiger charge is -2.14. The van der Waals surface area contributed by atoms with Crippen molar-refractivity contribution in [2.45, 2.75) is 24.9 Å². The van der Waals surface area contributed by atoms with Crippen LogP contribution in [0.15, 0.2) is 17.1 Å². The highest BCUT2D eigenvalue weighted by atomic mass is 16.5. The third-order valence-corrected chi connectivity index (χ3v) is 2.76. The fraction of sp³-hybridized carbons (Fsp3) is 0.500. The van der Waals surface area contributed by atoms with Crippen LogP contribution in [0.3, 0.4) is 0 Å². The van der Waals surface area contributed by atoms with Gasteiger partial charge >= 0.3 is 11.8 Å². The summed E-state index contributed by atoms with van der Waals surface area (Å²) in [7, 11) is 0. The van der Waals surface area contributed by atoms with E-state index in [1.165, 1.54) is 12.3 Å². The predicted octanol–water partition coefficient (Wildman–Crippen LogP) is -1.03. The van der Waals surface area contributed by atoms with Crippen LogP contribution in [0.2, 0.25) is 0 Å². The molecule has 1 fully saturated rings. The van der Waals surface area contributed by atoms with E-state index in [2.05, 4.69) is 4.98 Å². The van der Waals surface area contributed by atoms with E-state index in [0.717, 1.165) is 4.57 Å².